The predicted octanol–water partition coefficient (Wildman–Crippen LogP) is 3.30. The molecule has 2 heterocycles. The number of unbranched alkanes of at least 4 members (excludes halogenated alkanes) is 2. The molecule has 0 radical (unpaired) electrons. The quantitative estimate of drug-likeness (QED) is 0.478. The second-order valence-electron chi connectivity index (χ2n) is 8.63. The van der Waals surface area contributed by atoms with E-state index >= 15 is 0 Å². The lowest BCUT2D eigenvalue weighted by Gasteiger charge is -2.36. The van der Waals surface area contributed by atoms with Crippen molar-refractivity contribution in [1.29, 1.82) is 0 Å². The monoisotopic (exact) mass is 458 g/mol. The van der Waals surface area contributed by atoms with Gasteiger partial charge in [0.2, 0.25) is 5.95 Å². The molecule has 1 aliphatic rings. The zero-order valence-corrected chi connectivity index (χ0v) is 19.9. The standard InChI is InChI=1S/C24H34N4O3S/c1-20(2)32(30,31)18-5-3-4-7-23(29)19-21-8-10-22(11-9-21)27-14-16-28(17-15-27)24-25-12-6-13-26-24/h6,8-13,20H,3-5,7,14-19H2,1-2H3. The molecule has 1 saturated heterocycles. The maximum atomic E-state index is 12.3. The van der Waals surface area contributed by atoms with Gasteiger partial charge in [0.25, 0.3) is 0 Å². The Morgan fingerprint density at radius 3 is 2.19 bits per heavy atom. The van der Waals surface area contributed by atoms with Crippen LogP contribution in [0, 0.1) is 0 Å². The van der Waals surface area contributed by atoms with Crippen LogP contribution >= 0.6 is 0 Å². The third kappa shape index (κ3) is 7.02. The lowest BCUT2D eigenvalue weighted by molar-refractivity contribution is -0.118. The molecule has 174 valence electrons. The van der Waals surface area contributed by atoms with Crippen molar-refractivity contribution in [1.82, 2.24) is 9.97 Å². The number of nitrogens with zero attached hydrogens (tertiary/aromatic N) is 4. The highest BCUT2D eigenvalue weighted by atomic mass is 32.2. The molecule has 1 aromatic heterocycles. The number of rotatable bonds is 11. The Morgan fingerprint density at radius 1 is 0.938 bits per heavy atom. The molecular formula is C24H34N4O3S. The molecule has 7 nitrogen and oxygen atoms in total. The normalized spacial score (nSPS) is 14.7. The van der Waals surface area contributed by atoms with E-state index in [2.05, 4.69) is 31.9 Å². The zero-order chi connectivity index (χ0) is 23.0. The first-order chi connectivity index (χ1) is 15.3. The van der Waals surface area contributed by atoms with E-state index in [4.69, 9.17) is 0 Å². The van der Waals surface area contributed by atoms with Crippen molar-refractivity contribution in [3.63, 3.8) is 0 Å². The topological polar surface area (TPSA) is 83.5 Å². The van der Waals surface area contributed by atoms with Gasteiger partial charge in [-0.2, -0.15) is 0 Å². The van der Waals surface area contributed by atoms with Crippen molar-refractivity contribution >= 4 is 27.3 Å². The molecule has 0 aliphatic carbocycles. The smallest absolute Gasteiger partial charge is 0.225 e. The third-order valence-corrected chi connectivity index (χ3v) is 8.21. The fourth-order valence-electron chi connectivity index (χ4n) is 3.80. The van der Waals surface area contributed by atoms with E-state index in [-0.39, 0.29) is 16.8 Å². The molecule has 0 saturated carbocycles. The summed E-state index contributed by atoms with van der Waals surface area (Å²) in [5, 5.41) is -0.325. The Morgan fingerprint density at radius 2 is 1.56 bits per heavy atom. The molecule has 0 N–H and O–H groups in total. The Bertz CT molecular complexity index is 954. The molecule has 0 spiro atoms. The highest BCUT2D eigenvalue weighted by molar-refractivity contribution is 7.91. The summed E-state index contributed by atoms with van der Waals surface area (Å²) < 4.78 is 23.6. The number of ketones is 1. The number of carbonyl (C=O) groups is 1. The Hall–Kier alpha value is -2.48. The highest BCUT2D eigenvalue weighted by Gasteiger charge is 2.19. The summed E-state index contributed by atoms with van der Waals surface area (Å²) in [5.41, 5.74) is 2.19. The molecule has 3 rings (SSSR count). The van der Waals surface area contributed by atoms with Gasteiger partial charge >= 0.3 is 0 Å². The molecular weight excluding hydrogens is 424 g/mol. The number of piperazine rings is 1. The van der Waals surface area contributed by atoms with Crippen molar-refractivity contribution in [2.75, 3.05) is 41.7 Å². The number of sulfone groups is 1. The van der Waals surface area contributed by atoms with Crippen molar-refractivity contribution in [3.8, 4) is 0 Å². The van der Waals surface area contributed by atoms with Crippen LogP contribution in [-0.2, 0) is 21.1 Å². The van der Waals surface area contributed by atoms with E-state index in [0.717, 1.165) is 50.5 Å². The van der Waals surface area contributed by atoms with Gasteiger partial charge in [-0.05, 0) is 50.5 Å². The zero-order valence-electron chi connectivity index (χ0n) is 19.1. The fraction of sp³-hybridized carbons (Fsp3) is 0.542. The van der Waals surface area contributed by atoms with E-state index in [1.54, 1.807) is 26.2 Å². The Kier molecular flexibility index (Phi) is 8.61. The van der Waals surface area contributed by atoms with Gasteiger partial charge < -0.3 is 9.80 Å². The number of carbonyl (C=O) groups excluding carboxylic acids is 1. The molecule has 0 bridgehead atoms. The lowest BCUT2D eigenvalue weighted by atomic mass is 10.0. The predicted molar refractivity (Wildman–Crippen MR) is 129 cm³/mol. The van der Waals surface area contributed by atoms with E-state index in [0.29, 0.717) is 19.3 Å². The average Bonchev–Trinajstić information content (AvgIpc) is 2.80. The van der Waals surface area contributed by atoms with Crippen LogP contribution in [0.1, 0.15) is 45.1 Å². The van der Waals surface area contributed by atoms with Crippen LogP contribution in [0.25, 0.3) is 0 Å². The van der Waals surface area contributed by atoms with Crippen LogP contribution in [-0.4, -0.2) is 61.4 Å². The minimum atomic E-state index is -2.98. The van der Waals surface area contributed by atoms with Crippen molar-refractivity contribution < 1.29 is 13.2 Å². The maximum absolute atomic E-state index is 12.3. The SMILES string of the molecule is CC(C)S(=O)(=O)CCCCCC(=O)Cc1ccc(N2CCN(c3ncccn3)CC2)cc1. The molecule has 0 unspecified atom stereocenters. The number of hydrogen-bond acceptors (Lipinski definition) is 7. The number of hydrogen-bond donors (Lipinski definition) is 0. The van der Waals surface area contributed by atoms with E-state index in [9.17, 15) is 13.2 Å². The largest absolute Gasteiger partial charge is 0.368 e. The van der Waals surface area contributed by atoms with Gasteiger partial charge in [0.05, 0.1) is 11.0 Å². The summed E-state index contributed by atoms with van der Waals surface area (Å²) in [7, 11) is -2.98. The fourth-order valence-corrected chi connectivity index (χ4v) is 4.88. The molecule has 2 aromatic rings. The lowest BCUT2D eigenvalue weighted by Crippen LogP contribution is -2.47. The average molecular weight is 459 g/mol. The van der Waals surface area contributed by atoms with E-state index in [1.165, 1.54) is 5.69 Å². The third-order valence-electron chi connectivity index (χ3n) is 5.92. The molecule has 1 aliphatic heterocycles. The van der Waals surface area contributed by atoms with E-state index in [1.807, 2.05) is 18.2 Å². The van der Waals surface area contributed by atoms with E-state index < -0.39 is 9.84 Å². The maximum Gasteiger partial charge on any atom is 0.225 e. The van der Waals surface area contributed by atoms with Gasteiger partial charge in [0.15, 0.2) is 9.84 Å². The Balaban J connectivity index is 1.38. The number of aromatic nitrogens is 2. The molecule has 8 heteroatoms. The molecule has 1 aromatic carbocycles. The highest BCUT2D eigenvalue weighted by Crippen LogP contribution is 2.19. The minimum Gasteiger partial charge on any atom is -0.368 e. The summed E-state index contributed by atoms with van der Waals surface area (Å²) in [4.78, 5) is 25.5. The second kappa shape index (κ2) is 11.4. The van der Waals surface area contributed by atoms with Gasteiger partial charge in [-0.3, -0.25) is 4.79 Å². The van der Waals surface area contributed by atoms with Crippen LogP contribution in [0.5, 0.6) is 0 Å². The Labute approximate surface area is 191 Å². The summed E-state index contributed by atoms with van der Waals surface area (Å²) in [6.07, 6.45) is 6.64. The van der Waals surface area contributed by atoms with Gasteiger partial charge in [-0.1, -0.05) is 18.6 Å². The number of benzene rings is 1. The van der Waals surface area contributed by atoms with Gasteiger partial charge in [0.1, 0.15) is 5.78 Å². The first kappa shape index (κ1) is 24.2. The second-order valence-corrected chi connectivity index (χ2v) is 11.3. The van der Waals surface area contributed by atoms with Crippen LogP contribution < -0.4 is 9.80 Å². The van der Waals surface area contributed by atoms with Crippen LogP contribution in [0.15, 0.2) is 42.7 Å². The van der Waals surface area contributed by atoms with Gasteiger partial charge in [-0.25, -0.2) is 18.4 Å². The first-order valence-electron chi connectivity index (χ1n) is 11.4. The van der Waals surface area contributed by atoms with Crippen LogP contribution in [0.2, 0.25) is 0 Å². The van der Waals surface area contributed by atoms with Crippen LogP contribution in [0.3, 0.4) is 0 Å². The van der Waals surface area contributed by atoms with Gasteiger partial charge in [0, 0.05) is 57.1 Å². The molecule has 32 heavy (non-hydrogen) atoms. The van der Waals surface area contributed by atoms with Crippen molar-refractivity contribution in [2.24, 2.45) is 0 Å². The summed E-state index contributed by atoms with van der Waals surface area (Å²) >= 11 is 0. The summed E-state index contributed by atoms with van der Waals surface area (Å²) in [6.45, 7) is 6.99. The first-order valence-corrected chi connectivity index (χ1v) is 13.2. The van der Waals surface area contributed by atoms with Crippen molar-refractivity contribution in [2.45, 2.75) is 51.2 Å². The number of Topliss-reactive ketones (excluding diaryl/α,β-unsaturated/α-hetero) is 1. The molecule has 1 fully saturated rings. The molecule has 0 atom stereocenters. The van der Waals surface area contributed by atoms with Crippen LogP contribution in [0.4, 0.5) is 11.6 Å². The summed E-state index contributed by atoms with van der Waals surface area (Å²) in [5.74, 6) is 1.20. The minimum absolute atomic E-state index is 0.209. The summed E-state index contributed by atoms with van der Waals surface area (Å²) in [6, 6.07) is 10.1. The molecule has 0 amide bonds. The van der Waals surface area contributed by atoms with Crippen molar-refractivity contribution in [3.05, 3.63) is 48.3 Å². The number of anilines is 2. The van der Waals surface area contributed by atoms with Gasteiger partial charge in [-0.15, -0.1) is 0 Å².